The van der Waals surface area contributed by atoms with Gasteiger partial charge in [-0.1, -0.05) is 18.2 Å². The fraction of sp³-hybridized carbons (Fsp3) is 0.636. The van der Waals surface area contributed by atoms with Gasteiger partial charge in [0.05, 0.1) is 21.3 Å². The number of allylic oxidation sites excluding steroid dienone is 2. The van der Waals surface area contributed by atoms with Crippen molar-refractivity contribution < 1.29 is 14.2 Å². The summed E-state index contributed by atoms with van der Waals surface area (Å²) in [5.74, 6) is 4.79. The molecule has 27 heavy (non-hydrogen) atoms. The lowest BCUT2D eigenvalue weighted by atomic mass is 9.93. The summed E-state index contributed by atoms with van der Waals surface area (Å²) in [6.45, 7) is 6.69. The van der Waals surface area contributed by atoms with Crippen molar-refractivity contribution in [3.8, 4) is 17.2 Å². The minimum Gasteiger partial charge on any atom is -0.493 e. The number of hydrogen-bond acceptors (Lipinski definition) is 5. The molecule has 1 aromatic rings. The van der Waals surface area contributed by atoms with E-state index in [1.54, 1.807) is 21.3 Å². The molecule has 0 amide bonds. The van der Waals surface area contributed by atoms with Gasteiger partial charge in [-0.3, -0.25) is 4.90 Å². The van der Waals surface area contributed by atoms with Crippen LogP contribution in [-0.2, 0) is 6.54 Å². The van der Waals surface area contributed by atoms with Crippen LogP contribution in [0.25, 0.3) is 0 Å². The first-order valence-corrected chi connectivity index (χ1v) is 10.1. The summed E-state index contributed by atoms with van der Waals surface area (Å²) in [5, 5.41) is 0. The lowest BCUT2D eigenvalue weighted by Crippen LogP contribution is -2.47. The number of ether oxygens (including phenoxy) is 3. The van der Waals surface area contributed by atoms with Crippen LogP contribution in [0.1, 0.15) is 18.4 Å². The third-order valence-corrected chi connectivity index (χ3v) is 6.55. The third kappa shape index (κ3) is 3.81. The first-order valence-electron chi connectivity index (χ1n) is 10.1. The van der Waals surface area contributed by atoms with Gasteiger partial charge in [0.1, 0.15) is 0 Å². The van der Waals surface area contributed by atoms with Crippen LogP contribution in [0.5, 0.6) is 17.2 Å². The summed E-state index contributed by atoms with van der Waals surface area (Å²) in [7, 11) is 5.01. The molecule has 1 aromatic carbocycles. The van der Waals surface area contributed by atoms with E-state index >= 15 is 0 Å². The highest BCUT2D eigenvalue weighted by Crippen LogP contribution is 2.44. The normalized spacial score (nSPS) is 27.9. The van der Waals surface area contributed by atoms with Crippen LogP contribution in [0.3, 0.4) is 0 Å². The minimum absolute atomic E-state index is 0.681. The Kier molecular flexibility index (Phi) is 5.60. The lowest BCUT2D eigenvalue weighted by molar-refractivity contribution is 0.108. The van der Waals surface area contributed by atoms with Crippen molar-refractivity contribution in [1.82, 2.24) is 9.80 Å². The van der Waals surface area contributed by atoms with Crippen LogP contribution in [0.2, 0.25) is 0 Å². The maximum atomic E-state index is 5.64. The molecule has 5 heteroatoms. The second-order valence-electron chi connectivity index (χ2n) is 8.11. The minimum atomic E-state index is 0.681. The van der Waals surface area contributed by atoms with Crippen molar-refractivity contribution in [2.24, 2.45) is 17.8 Å². The van der Waals surface area contributed by atoms with Crippen molar-refractivity contribution >= 4 is 0 Å². The molecule has 1 saturated carbocycles. The molecule has 1 aliphatic heterocycles. The zero-order valence-electron chi connectivity index (χ0n) is 16.8. The molecule has 4 rings (SSSR count). The van der Waals surface area contributed by atoms with Gasteiger partial charge in [0.15, 0.2) is 11.5 Å². The number of rotatable bonds is 7. The molecule has 3 aliphatic rings. The third-order valence-electron chi connectivity index (χ3n) is 6.55. The summed E-state index contributed by atoms with van der Waals surface area (Å²) in [6, 6.07) is 4.06. The fourth-order valence-electron chi connectivity index (χ4n) is 5.09. The lowest BCUT2D eigenvalue weighted by Gasteiger charge is -2.37. The number of nitrogens with zero attached hydrogens (tertiary/aromatic N) is 2. The maximum absolute atomic E-state index is 5.64. The molecule has 0 aromatic heterocycles. The Labute approximate surface area is 162 Å². The Hall–Kier alpha value is -1.72. The van der Waals surface area contributed by atoms with E-state index in [4.69, 9.17) is 14.2 Å². The Bertz CT molecular complexity index is 682. The van der Waals surface area contributed by atoms with Crippen LogP contribution < -0.4 is 14.2 Å². The van der Waals surface area contributed by atoms with Crippen LogP contribution >= 0.6 is 0 Å². The monoisotopic (exact) mass is 372 g/mol. The summed E-state index contributed by atoms with van der Waals surface area (Å²) in [4.78, 5) is 5.18. The Morgan fingerprint density at radius 3 is 2.19 bits per heavy atom. The summed E-state index contributed by atoms with van der Waals surface area (Å²) in [6.07, 6.45) is 7.72. The molecular formula is C22H32N2O3. The molecule has 1 heterocycles. The predicted octanol–water partition coefficient (Wildman–Crippen LogP) is 3.04. The van der Waals surface area contributed by atoms with Crippen molar-refractivity contribution in [3.05, 3.63) is 29.8 Å². The molecule has 0 unspecified atom stereocenters. The zero-order chi connectivity index (χ0) is 18.8. The van der Waals surface area contributed by atoms with E-state index in [-0.39, 0.29) is 0 Å². The molecule has 2 aliphatic carbocycles. The quantitative estimate of drug-likeness (QED) is 0.687. The highest BCUT2D eigenvalue weighted by Gasteiger charge is 2.36. The smallest absolute Gasteiger partial charge is 0.203 e. The topological polar surface area (TPSA) is 34.2 Å². The average molecular weight is 373 g/mol. The molecule has 148 valence electrons. The van der Waals surface area contributed by atoms with Crippen LogP contribution in [0.15, 0.2) is 24.3 Å². The van der Waals surface area contributed by atoms with Crippen LogP contribution in [0, 0.1) is 17.8 Å². The molecule has 0 radical (unpaired) electrons. The van der Waals surface area contributed by atoms with E-state index in [9.17, 15) is 0 Å². The van der Waals surface area contributed by atoms with Crippen LogP contribution in [0.4, 0.5) is 0 Å². The second kappa shape index (κ2) is 8.11. The molecule has 2 fully saturated rings. The second-order valence-corrected chi connectivity index (χ2v) is 8.11. The standard InChI is InChI=1S/C22H32N2O3/c1-25-20-7-6-18(21(26-2)22(20)27-3)14-23-8-10-24(11-9-23)15-19-13-16-4-5-17(19)12-16/h4-7,16-17,19H,8-15H2,1-3H3/t16-,17+,19+/m1/s1. The van der Waals surface area contributed by atoms with Gasteiger partial charge >= 0.3 is 0 Å². The van der Waals surface area contributed by atoms with E-state index in [0.717, 1.165) is 61.8 Å². The van der Waals surface area contributed by atoms with Gasteiger partial charge in [0.2, 0.25) is 5.75 Å². The SMILES string of the molecule is COc1ccc(CN2CCN(C[C@@H]3C[C@@H]4C=C[C@H]3C4)CC2)c(OC)c1OC. The van der Waals surface area contributed by atoms with E-state index in [0.29, 0.717) is 11.5 Å². The predicted molar refractivity (Wildman–Crippen MR) is 107 cm³/mol. The summed E-state index contributed by atoms with van der Waals surface area (Å²) >= 11 is 0. The van der Waals surface area contributed by atoms with Gasteiger partial charge in [-0.2, -0.15) is 0 Å². The van der Waals surface area contributed by atoms with Crippen LogP contribution in [-0.4, -0.2) is 63.9 Å². The highest BCUT2D eigenvalue weighted by atomic mass is 16.5. The molecule has 3 atom stereocenters. The van der Waals surface area contributed by atoms with Gasteiger partial charge in [-0.25, -0.2) is 0 Å². The number of benzene rings is 1. The molecule has 1 saturated heterocycles. The van der Waals surface area contributed by atoms with Gasteiger partial charge < -0.3 is 19.1 Å². The van der Waals surface area contributed by atoms with E-state index < -0.39 is 0 Å². The molecule has 0 spiro atoms. The van der Waals surface area contributed by atoms with Crippen molar-refractivity contribution in [2.45, 2.75) is 19.4 Å². The van der Waals surface area contributed by atoms with Crippen molar-refractivity contribution in [2.75, 3.05) is 54.1 Å². The maximum Gasteiger partial charge on any atom is 0.203 e. The summed E-state index contributed by atoms with van der Waals surface area (Å²) < 4.78 is 16.6. The number of methoxy groups -OCH3 is 3. The summed E-state index contributed by atoms with van der Waals surface area (Å²) in [5.41, 5.74) is 1.15. The van der Waals surface area contributed by atoms with E-state index in [1.165, 1.54) is 19.4 Å². The number of piperazine rings is 1. The van der Waals surface area contributed by atoms with Gasteiger partial charge in [0, 0.05) is 44.8 Å². The Balaban J connectivity index is 1.33. The average Bonchev–Trinajstić information content (AvgIpc) is 3.32. The highest BCUT2D eigenvalue weighted by molar-refractivity contribution is 5.55. The molecule has 5 nitrogen and oxygen atoms in total. The van der Waals surface area contributed by atoms with Gasteiger partial charge in [-0.15, -0.1) is 0 Å². The van der Waals surface area contributed by atoms with Gasteiger partial charge in [-0.05, 0) is 36.7 Å². The fourth-order valence-corrected chi connectivity index (χ4v) is 5.09. The molecule has 0 N–H and O–H groups in total. The van der Waals surface area contributed by atoms with Crippen molar-refractivity contribution in [1.29, 1.82) is 0 Å². The Morgan fingerprint density at radius 2 is 1.59 bits per heavy atom. The van der Waals surface area contributed by atoms with E-state index in [1.807, 2.05) is 6.07 Å². The molecular weight excluding hydrogens is 340 g/mol. The molecule has 2 bridgehead atoms. The van der Waals surface area contributed by atoms with Gasteiger partial charge in [0.25, 0.3) is 0 Å². The van der Waals surface area contributed by atoms with E-state index in [2.05, 4.69) is 28.0 Å². The first kappa shape index (κ1) is 18.6. The number of fused-ring (bicyclic) bond motifs is 2. The zero-order valence-corrected chi connectivity index (χ0v) is 16.8. The first-order chi connectivity index (χ1) is 13.2. The largest absolute Gasteiger partial charge is 0.493 e. The number of hydrogen-bond donors (Lipinski definition) is 0. The Morgan fingerprint density at radius 1 is 0.852 bits per heavy atom. The van der Waals surface area contributed by atoms with Crippen molar-refractivity contribution in [3.63, 3.8) is 0 Å².